The molecule has 1 aliphatic heterocycles. The van der Waals surface area contributed by atoms with Crippen LogP contribution < -0.4 is 0 Å². The first-order chi connectivity index (χ1) is 29.0. The molecule has 0 aromatic carbocycles. The maximum absolute atomic E-state index is 12.8. The van der Waals surface area contributed by atoms with Crippen LogP contribution in [0.15, 0.2) is 97.2 Å². The number of unbranched alkanes of at least 4 members (excludes halogenated alkanes) is 8. The summed E-state index contributed by atoms with van der Waals surface area (Å²) in [6.07, 6.45) is 38.8. The van der Waals surface area contributed by atoms with Gasteiger partial charge >= 0.3 is 11.9 Å². The molecule has 13 heteroatoms. The molecule has 4 N–H and O–H groups in total. The lowest BCUT2D eigenvalue weighted by molar-refractivity contribution is -0.297. The molecule has 0 aromatic heterocycles. The highest BCUT2D eigenvalue weighted by atomic mass is 32.2. The average Bonchev–Trinajstić information content (AvgIpc) is 3.21. The van der Waals surface area contributed by atoms with Crippen LogP contribution in [0.4, 0.5) is 0 Å². The highest BCUT2D eigenvalue weighted by Crippen LogP contribution is 2.24. The molecule has 0 radical (unpaired) electrons. The molecule has 0 amide bonds. The Hall–Kier alpha value is -3.43. The van der Waals surface area contributed by atoms with Gasteiger partial charge in [0.2, 0.25) is 0 Å². The van der Waals surface area contributed by atoms with Crippen molar-refractivity contribution in [2.24, 2.45) is 0 Å². The van der Waals surface area contributed by atoms with E-state index in [1.54, 1.807) is 0 Å². The van der Waals surface area contributed by atoms with E-state index in [1.807, 2.05) is 24.3 Å². The first kappa shape index (κ1) is 54.6. The predicted octanol–water partition coefficient (Wildman–Crippen LogP) is 8.66. The van der Waals surface area contributed by atoms with Crippen LogP contribution >= 0.6 is 0 Å². The van der Waals surface area contributed by atoms with E-state index in [0.29, 0.717) is 12.8 Å². The Bertz CT molecular complexity index is 1480. The summed E-state index contributed by atoms with van der Waals surface area (Å²) in [4.78, 5) is 25.4. The van der Waals surface area contributed by atoms with Crippen LogP contribution in [0, 0.1) is 0 Å². The highest BCUT2D eigenvalue weighted by molar-refractivity contribution is 7.85. The largest absolute Gasteiger partial charge is 0.462 e. The molecule has 1 aliphatic rings. The Morgan fingerprint density at radius 2 is 1.08 bits per heavy atom. The molecular formula is C47H74O12S. The molecule has 0 bridgehead atoms. The third-order valence-electron chi connectivity index (χ3n) is 9.22. The van der Waals surface area contributed by atoms with Gasteiger partial charge in [0.05, 0.1) is 6.61 Å². The summed E-state index contributed by atoms with van der Waals surface area (Å²) in [5, 5.41) is 30.8. The number of carbonyl (C=O) groups excluding carboxylic acids is 2. The summed E-state index contributed by atoms with van der Waals surface area (Å²) in [6.45, 7) is 3.44. The molecule has 1 saturated heterocycles. The van der Waals surface area contributed by atoms with Crippen molar-refractivity contribution in [2.75, 3.05) is 19.0 Å². The quantitative estimate of drug-likeness (QED) is 0.0159. The van der Waals surface area contributed by atoms with E-state index in [-0.39, 0.29) is 19.4 Å². The van der Waals surface area contributed by atoms with Crippen molar-refractivity contribution in [2.45, 2.75) is 166 Å². The Morgan fingerprint density at radius 3 is 1.68 bits per heavy atom. The molecule has 1 rings (SSSR count). The first-order valence-electron chi connectivity index (χ1n) is 21.8. The van der Waals surface area contributed by atoms with Crippen LogP contribution in [0.25, 0.3) is 0 Å². The van der Waals surface area contributed by atoms with Gasteiger partial charge in [0, 0.05) is 12.8 Å². The first-order valence-corrected chi connectivity index (χ1v) is 23.4. The smallest absolute Gasteiger partial charge is 0.306 e. The van der Waals surface area contributed by atoms with E-state index >= 15 is 0 Å². The van der Waals surface area contributed by atoms with E-state index in [0.717, 1.165) is 89.9 Å². The lowest BCUT2D eigenvalue weighted by atomic mass is 10.00. The fourth-order valence-corrected chi connectivity index (χ4v) is 6.57. The van der Waals surface area contributed by atoms with Crippen molar-refractivity contribution in [3.63, 3.8) is 0 Å². The van der Waals surface area contributed by atoms with Crippen molar-refractivity contribution in [1.82, 2.24) is 0 Å². The maximum atomic E-state index is 12.8. The SMILES string of the molecule is CC/C=C/C=C/C=C/CCCCCCCC(=O)OC(COC(=O)CCCCC/C=C/C/C=C/C/C=C/C/C=C/C/C=C/CC)CO[C@H]1O[C@H](CS(=O)(=O)O)[C@@H](O)C(O)C1O. The van der Waals surface area contributed by atoms with Gasteiger partial charge in [-0.2, -0.15) is 8.42 Å². The minimum Gasteiger partial charge on any atom is -0.462 e. The number of hydrogen-bond acceptors (Lipinski definition) is 11. The average molecular weight is 863 g/mol. The number of aliphatic hydroxyl groups is 3. The third-order valence-corrected chi connectivity index (χ3v) is 9.97. The van der Waals surface area contributed by atoms with Crippen LogP contribution in [0.1, 0.15) is 129 Å². The number of rotatable bonds is 34. The number of ether oxygens (including phenoxy) is 4. The van der Waals surface area contributed by atoms with Gasteiger partial charge in [-0.1, -0.05) is 137 Å². The topological polar surface area (TPSA) is 186 Å². The van der Waals surface area contributed by atoms with Gasteiger partial charge in [-0.25, -0.2) is 0 Å². The fraction of sp³-hybridized carbons (Fsp3) is 0.617. The Balaban J connectivity index is 2.50. The molecule has 1 fully saturated rings. The van der Waals surface area contributed by atoms with Crippen LogP contribution in [-0.4, -0.2) is 96.0 Å². The molecule has 0 aliphatic carbocycles. The maximum Gasteiger partial charge on any atom is 0.306 e. The van der Waals surface area contributed by atoms with Gasteiger partial charge in [-0.05, 0) is 77.0 Å². The standard InChI is InChI=1S/C47H74O12S/c1-3-5-7-9-11-13-15-17-18-19-20-21-22-24-25-27-29-31-33-35-42(48)56-37-40(38-57-47-46(52)45(51)44(50)41(59-47)39-60(53,54)55)58-43(49)36-34-32-30-28-26-23-16-14-12-10-8-6-4-2/h5-8,10-14,16-18,20-21,24-25,40-41,44-47,50-52H,3-4,9,15,19,22-23,26-39H2,1-2H3,(H,53,54,55)/b7-5+,8-6+,12-10+,13-11+,16-14+,18-17+,21-20+,25-24+/t40?,41-,44-,45?,46?,47+/m1/s1. The van der Waals surface area contributed by atoms with Crippen LogP contribution in [0.2, 0.25) is 0 Å². The second kappa shape index (κ2) is 36.2. The zero-order chi connectivity index (χ0) is 44.1. The minimum atomic E-state index is -4.61. The molecule has 3 unspecified atom stereocenters. The number of allylic oxidation sites excluding steroid dienone is 16. The normalized spacial score (nSPS) is 21.1. The van der Waals surface area contributed by atoms with Crippen molar-refractivity contribution in [3.8, 4) is 0 Å². The predicted molar refractivity (Wildman–Crippen MR) is 237 cm³/mol. The second-order valence-corrected chi connectivity index (χ2v) is 16.2. The molecule has 1 heterocycles. The summed E-state index contributed by atoms with van der Waals surface area (Å²) in [7, 11) is -4.61. The van der Waals surface area contributed by atoms with Gasteiger partial charge in [0.15, 0.2) is 12.4 Å². The minimum absolute atomic E-state index is 0.127. The molecule has 340 valence electrons. The van der Waals surface area contributed by atoms with Gasteiger partial charge in [0.1, 0.15) is 36.8 Å². The van der Waals surface area contributed by atoms with Gasteiger partial charge in [-0.15, -0.1) is 0 Å². The molecule has 60 heavy (non-hydrogen) atoms. The second-order valence-electron chi connectivity index (χ2n) is 14.7. The molecule has 0 spiro atoms. The van der Waals surface area contributed by atoms with Crippen LogP contribution in [-0.2, 0) is 38.7 Å². The number of esters is 2. The lowest BCUT2D eigenvalue weighted by Crippen LogP contribution is -2.60. The fourth-order valence-electron chi connectivity index (χ4n) is 5.88. The number of hydrogen-bond donors (Lipinski definition) is 4. The van der Waals surface area contributed by atoms with E-state index in [1.165, 1.54) is 0 Å². The van der Waals surface area contributed by atoms with Gasteiger partial charge in [0.25, 0.3) is 10.1 Å². The zero-order valence-electron chi connectivity index (χ0n) is 36.0. The summed E-state index contributed by atoms with van der Waals surface area (Å²) in [5.74, 6) is -2.07. The summed E-state index contributed by atoms with van der Waals surface area (Å²) >= 11 is 0. The lowest BCUT2D eigenvalue weighted by Gasteiger charge is -2.40. The van der Waals surface area contributed by atoms with Crippen molar-refractivity contribution < 1.29 is 56.8 Å². The Morgan fingerprint density at radius 1 is 0.583 bits per heavy atom. The Labute approximate surface area is 360 Å². The number of aliphatic hydroxyl groups excluding tert-OH is 3. The molecule has 12 nitrogen and oxygen atoms in total. The van der Waals surface area contributed by atoms with Gasteiger partial charge < -0.3 is 34.3 Å². The molecule has 0 aromatic rings. The van der Waals surface area contributed by atoms with E-state index in [9.17, 15) is 37.9 Å². The van der Waals surface area contributed by atoms with E-state index in [4.69, 9.17) is 18.9 Å². The summed E-state index contributed by atoms with van der Waals surface area (Å²) in [6, 6.07) is 0. The molecule has 0 saturated carbocycles. The Kier molecular flexibility index (Phi) is 33.0. The van der Waals surface area contributed by atoms with Crippen molar-refractivity contribution in [1.29, 1.82) is 0 Å². The monoisotopic (exact) mass is 862 g/mol. The number of carbonyl (C=O) groups is 2. The van der Waals surface area contributed by atoms with Crippen LogP contribution in [0.3, 0.4) is 0 Å². The zero-order valence-corrected chi connectivity index (χ0v) is 36.8. The van der Waals surface area contributed by atoms with E-state index in [2.05, 4.69) is 86.8 Å². The van der Waals surface area contributed by atoms with Gasteiger partial charge in [-0.3, -0.25) is 14.1 Å². The molecule has 6 atom stereocenters. The van der Waals surface area contributed by atoms with Crippen molar-refractivity contribution in [3.05, 3.63) is 97.2 Å². The van der Waals surface area contributed by atoms with E-state index < -0.39 is 71.2 Å². The third kappa shape index (κ3) is 30.6. The summed E-state index contributed by atoms with van der Waals surface area (Å²) < 4.78 is 53.9. The highest BCUT2D eigenvalue weighted by Gasteiger charge is 2.46. The van der Waals surface area contributed by atoms with Crippen LogP contribution in [0.5, 0.6) is 0 Å². The van der Waals surface area contributed by atoms with Crippen molar-refractivity contribution >= 4 is 22.1 Å². The molecular weight excluding hydrogens is 789 g/mol. The summed E-state index contributed by atoms with van der Waals surface area (Å²) in [5.41, 5.74) is 0.